The molecule has 2 N–H and O–H groups in total. The van der Waals surface area contributed by atoms with E-state index in [0.717, 1.165) is 12.2 Å². The number of nitrogens with one attached hydrogen (secondary N) is 1. The van der Waals surface area contributed by atoms with Crippen LogP contribution in [0, 0.1) is 6.92 Å². The highest BCUT2D eigenvalue weighted by Crippen LogP contribution is 2.25. The van der Waals surface area contributed by atoms with Gasteiger partial charge in [0.15, 0.2) is 0 Å². The number of carbonyl (C=O) groups is 1. The number of rotatable bonds is 7. The standard InChI is InChI=1S/C17H18ClNO3/c1-12-6-8-13(9-7-12)22-11-3-10-19-16-14(17(20)21)4-2-5-15(16)18/h2,4-9,19H,3,10-11H2,1H3,(H,20,21). The first kappa shape index (κ1) is 16.2. The summed E-state index contributed by atoms with van der Waals surface area (Å²) in [7, 11) is 0. The van der Waals surface area contributed by atoms with Crippen LogP contribution in [0.2, 0.25) is 5.02 Å². The average Bonchev–Trinajstić information content (AvgIpc) is 2.50. The van der Waals surface area contributed by atoms with Crippen molar-refractivity contribution in [3.05, 3.63) is 58.6 Å². The Morgan fingerprint density at radius 2 is 1.95 bits per heavy atom. The Labute approximate surface area is 134 Å². The van der Waals surface area contributed by atoms with Gasteiger partial charge >= 0.3 is 5.97 Å². The van der Waals surface area contributed by atoms with Gasteiger partial charge in [-0.2, -0.15) is 0 Å². The summed E-state index contributed by atoms with van der Waals surface area (Å²) in [5, 5.41) is 12.6. The normalized spacial score (nSPS) is 10.3. The van der Waals surface area contributed by atoms with Gasteiger partial charge in [-0.1, -0.05) is 35.4 Å². The zero-order chi connectivity index (χ0) is 15.9. The van der Waals surface area contributed by atoms with E-state index in [2.05, 4.69) is 5.32 Å². The number of ether oxygens (including phenoxy) is 1. The van der Waals surface area contributed by atoms with E-state index in [4.69, 9.17) is 21.4 Å². The van der Waals surface area contributed by atoms with Gasteiger partial charge in [0.2, 0.25) is 0 Å². The van der Waals surface area contributed by atoms with Crippen LogP contribution in [0.4, 0.5) is 5.69 Å². The first-order valence-electron chi connectivity index (χ1n) is 7.03. The molecule has 22 heavy (non-hydrogen) atoms. The Morgan fingerprint density at radius 1 is 1.23 bits per heavy atom. The molecule has 2 rings (SSSR count). The number of para-hydroxylation sites is 1. The molecule has 0 aromatic heterocycles. The van der Waals surface area contributed by atoms with Crippen LogP contribution in [0.25, 0.3) is 0 Å². The zero-order valence-corrected chi connectivity index (χ0v) is 13.1. The van der Waals surface area contributed by atoms with Crippen LogP contribution >= 0.6 is 11.6 Å². The fraction of sp³-hybridized carbons (Fsp3) is 0.235. The van der Waals surface area contributed by atoms with Gasteiger partial charge in [-0.05, 0) is 37.6 Å². The van der Waals surface area contributed by atoms with Crippen LogP contribution in [0.1, 0.15) is 22.3 Å². The summed E-state index contributed by atoms with van der Waals surface area (Å²) in [6.45, 7) is 3.15. The van der Waals surface area contributed by atoms with Crippen molar-refractivity contribution in [2.24, 2.45) is 0 Å². The Morgan fingerprint density at radius 3 is 2.64 bits per heavy atom. The lowest BCUT2D eigenvalue weighted by molar-refractivity contribution is 0.0698. The highest BCUT2D eigenvalue weighted by Gasteiger charge is 2.12. The van der Waals surface area contributed by atoms with Crippen molar-refractivity contribution in [1.82, 2.24) is 0 Å². The van der Waals surface area contributed by atoms with E-state index in [0.29, 0.717) is 23.9 Å². The highest BCUT2D eigenvalue weighted by atomic mass is 35.5. The average molecular weight is 320 g/mol. The minimum Gasteiger partial charge on any atom is -0.494 e. The lowest BCUT2D eigenvalue weighted by atomic mass is 10.1. The van der Waals surface area contributed by atoms with Crippen molar-refractivity contribution >= 4 is 23.3 Å². The first-order valence-corrected chi connectivity index (χ1v) is 7.41. The molecule has 0 saturated heterocycles. The van der Waals surface area contributed by atoms with Crippen molar-refractivity contribution in [2.75, 3.05) is 18.5 Å². The summed E-state index contributed by atoms with van der Waals surface area (Å²) >= 11 is 6.04. The Kier molecular flexibility index (Phi) is 5.67. The Bertz CT molecular complexity index is 641. The van der Waals surface area contributed by atoms with Crippen LogP contribution in [0.15, 0.2) is 42.5 Å². The summed E-state index contributed by atoms with van der Waals surface area (Å²) in [5.74, 6) is -0.171. The quantitative estimate of drug-likeness (QED) is 0.750. The van der Waals surface area contributed by atoms with Gasteiger partial charge in [0, 0.05) is 6.54 Å². The van der Waals surface area contributed by atoms with Gasteiger partial charge in [-0.3, -0.25) is 0 Å². The van der Waals surface area contributed by atoms with Gasteiger partial charge in [-0.15, -0.1) is 0 Å². The maximum absolute atomic E-state index is 11.2. The summed E-state index contributed by atoms with van der Waals surface area (Å²) in [4.78, 5) is 11.2. The van der Waals surface area contributed by atoms with Crippen molar-refractivity contribution in [3.8, 4) is 5.75 Å². The topological polar surface area (TPSA) is 58.6 Å². The van der Waals surface area contributed by atoms with Crippen molar-refractivity contribution in [2.45, 2.75) is 13.3 Å². The second-order valence-corrected chi connectivity index (χ2v) is 5.32. The molecule has 0 unspecified atom stereocenters. The number of aromatic carboxylic acids is 1. The van der Waals surface area contributed by atoms with Crippen LogP contribution in [0.3, 0.4) is 0 Å². The number of carboxylic acid groups (broad SMARTS) is 1. The zero-order valence-electron chi connectivity index (χ0n) is 12.3. The molecule has 5 heteroatoms. The van der Waals surface area contributed by atoms with Gasteiger partial charge in [0.05, 0.1) is 22.9 Å². The van der Waals surface area contributed by atoms with Crippen LogP contribution in [0.5, 0.6) is 5.75 Å². The first-order chi connectivity index (χ1) is 10.6. The highest BCUT2D eigenvalue weighted by molar-refractivity contribution is 6.34. The smallest absolute Gasteiger partial charge is 0.337 e. The van der Waals surface area contributed by atoms with E-state index >= 15 is 0 Å². The Hall–Kier alpha value is -2.20. The summed E-state index contributed by atoms with van der Waals surface area (Å²) in [6.07, 6.45) is 0.734. The minimum absolute atomic E-state index is 0.173. The molecule has 0 aliphatic heterocycles. The second kappa shape index (κ2) is 7.71. The minimum atomic E-state index is -0.999. The van der Waals surface area contributed by atoms with Crippen molar-refractivity contribution < 1.29 is 14.6 Å². The van der Waals surface area contributed by atoms with Crippen molar-refractivity contribution in [3.63, 3.8) is 0 Å². The molecule has 4 nitrogen and oxygen atoms in total. The molecule has 2 aromatic rings. The van der Waals surface area contributed by atoms with Gasteiger partial charge < -0.3 is 15.2 Å². The maximum Gasteiger partial charge on any atom is 0.337 e. The third-order valence-corrected chi connectivity index (χ3v) is 3.47. The molecule has 2 aromatic carbocycles. The van der Waals surface area contributed by atoms with Crippen LogP contribution in [-0.2, 0) is 0 Å². The van der Waals surface area contributed by atoms with Gasteiger partial charge in [0.1, 0.15) is 5.75 Å². The molecule has 0 atom stereocenters. The summed E-state index contributed by atoms with van der Waals surface area (Å²) in [6, 6.07) is 12.7. The molecular formula is C17H18ClNO3. The lowest BCUT2D eigenvalue weighted by Crippen LogP contribution is -2.11. The molecule has 0 amide bonds. The number of anilines is 1. The van der Waals surface area contributed by atoms with E-state index in [9.17, 15) is 4.79 Å². The molecule has 0 heterocycles. The predicted octanol–water partition coefficient (Wildman–Crippen LogP) is 4.23. The van der Waals surface area contributed by atoms with E-state index in [-0.39, 0.29) is 5.56 Å². The summed E-state index contributed by atoms with van der Waals surface area (Å²) < 4.78 is 5.62. The molecule has 0 saturated carbocycles. The van der Waals surface area contributed by atoms with E-state index in [1.807, 2.05) is 31.2 Å². The fourth-order valence-corrected chi connectivity index (χ4v) is 2.23. The number of hydrogen-bond donors (Lipinski definition) is 2. The molecule has 0 spiro atoms. The molecule has 116 valence electrons. The molecule has 0 radical (unpaired) electrons. The van der Waals surface area contributed by atoms with Crippen LogP contribution in [-0.4, -0.2) is 24.2 Å². The van der Waals surface area contributed by atoms with Gasteiger partial charge in [0.25, 0.3) is 0 Å². The monoisotopic (exact) mass is 319 g/mol. The SMILES string of the molecule is Cc1ccc(OCCCNc2c(Cl)cccc2C(=O)O)cc1. The Balaban J connectivity index is 1.82. The maximum atomic E-state index is 11.2. The lowest BCUT2D eigenvalue weighted by Gasteiger charge is -2.12. The van der Waals surface area contributed by atoms with E-state index < -0.39 is 5.97 Å². The third kappa shape index (κ3) is 4.40. The second-order valence-electron chi connectivity index (χ2n) is 4.91. The predicted molar refractivity (Wildman–Crippen MR) is 88.2 cm³/mol. The van der Waals surface area contributed by atoms with Gasteiger partial charge in [-0.25, -0.2) is 4.79 Å². The van der Waals surface area contributed by atoms with Crippen molar-refractivity contribution in [1.29, 1.82) is 0 Å². The number of hydrogen-bond acceptors (Lipinski definition) is 3. The molecule has 0 fully saturated rings. The molecule has 0 aliphatic rings. The van der Waals surface area contributed by atoms with E-state index in [1.165, 1.54) is 11.6 Å². The largest absolute Gasteiger partial charge is 0.494 e. The number of carboxylic acids is 1. The fourth-order valence-electron chi connectivity index (χ4n) is 1.99. The van der Waals surface area contributed by atoms with E-state index in [1.54, 1.807) is 12.1 Å². The number of aryl methyl sites for hydroxylation is 1. The van der Waals surface area contributed by atoms with Crippen LogP contribution < -0.4 is 10.1 Å². The third-order valence-electron chi connectivity index (χ3n) is 3.16. The molecular weight excluding hydrogens is 302 g/mol. The molecule has 0 aliphatic carbocycles. The number of benzene rings is 2. The number of halogens is 1. The molecule has 0 bridgehead atoms. The summed E-state index contributed by atoms with van der Waals surface area (Å²) in [5.41, 5.74) is 1.81.